The maximum atomic E-state index is 12.5. The highest BCUT2D eigenvalue weighted by Crippen LogP contribution is 2.21. The highest BCUT2D eigenvalue weighted by Gasteiger charge is 2.27. The Labute approximate surface area is 146 Å². The van der Waals surface area contributed by atoms with Gasteiger partial charge in [0.05, 0.1) is 17.3 Å². The van der Waals surface area contributed by atoms with Crippen LogP contribution in [-0.2, 0) is 11.3 Å². The summed E-state index contributed by atoms with van der Waals surface area (Å²) < 4.78 is 10.8. The van der Waals surface area contributed by atoms with Gasteiger partial charge >= 0.3 is 12.1 Å². The van der Waals surface area contributed by atoms with Crippen LogP contribution < -0.4 is 4.90 Å². The lowest BCUT2D eigenvalue weighted by molar-refractivity contribution is 0.0569. The third-order valence-electron chi connectivity index (χ3n) is 2.68. The van der Waals surface area contributed by atoms with Gasteiger partial charge in [-0.3, -0.25) is 0 Å². The third kappa shape index (κ3) is 4.54. The van der Waals surface area contributed by atoms with Gasteiger partial charge in [-0.15, -0.1) is 0 Å². The number of hydrogen-bond donors (Lipinski definition) is 1. The molecule has 24 heavy (non-hydrogen) atoms. The quantitative estimate of drug-likeness (QED) is 0.841. The van der Waals surface area contributed by atoms with E-state index < -0.39 is 17.7 Å². The molecule has 0 unspecified atom stereocenters. The summed E-state index contributed by atoms with van der Waals surface area (Å²) in [5.41, 5.74) is -0.989. The molecule has 1 N–H and O–H groups in total. The number of carboxylic acids is 1. The first-order chi connectivity index (χ1) is 11.2. The van der Waals surface area contributed by atoms with Crippen LogP contribution in [0.5, 0.6) is 0 Å². The van der Waals surface area contributed by atoms with Crippen molar-refractivity contribution in [1.82, 2.24) is 9.97 Å². The molecule has 2 aromatic heterocycles. The minimum absolute atomic E-state index is 0.00258. The molecule has 1 amide bonds. The Hall–Kier alpha value is -2.42. The van der Waals surface area contributed by atoms with Crippen molar-refractivity contribution < 1.29 is 23.8 Å². The summed E-state index contributed by atoms with van der Waals surface area (Å²) in [6.45, 7) is 5.17. The minimum Gasteiger partial charge on any atom is -0.476 e. The Bertz CT molecular complexity index is 740. The van der Waals surface area contributed by atoms with Gasteiger partial charge in [-0.1, -0.05) is 0 Å². The number of ether oxygens (including phenoxy) is 1. The fourth-order valence-corrected chi connectivity index (χ4v) is 2.09. The number of carbonyl (C=O) groups is 2. The van der Waals surface area contributed by atoms with Gasteiger partial charge in [0.25, 0.3) is 0 Å². The highest BCUT2D eigenvalue weighted by atomic mass is 79.9. The van der Waals surface area contributed by atoms with E-state index in [4.69, 9.17) is 9.15 Å². The zero-order chi connectivity index (χ0) is 17.9. The van der Waals surface area contributed by atoms with Crippen molar-refractivity contribution in [3.63, 3.8) is 0 Å². The normalized spacial score (nSPS) is 11.2. The van der Waals surface area contributed by atoms with Crippen LogP contribution >= 0.6 is 15.9 Å². The van der Waals surface area contributed by atoms with Gasteiger partial charge in [0.1, 0.15) is 11.4 Å². The lowest BCUT2D eigenvalue weighted by Gasteiger charge is -2.25. The molecule has 9 heteroatoms. The lowest BCUT2D eigenvalue weighted by Crippen LogP contribution is -2.37. The molecule has 0 atom stereocenters. The molecule has 0 aliphatic heterocycles. The second-order valence-electron chi connectivity index (χ2n) is 5.82. The number of hydrogen-bond acceptors (Lipinski definition) is 6. The number of furan rings is 1. The van der Waals surface area contributed by atoms with Crippen LogP contribution in [0.15, 0.2) is 33.5 Å². The first-order valence-electron chi connectivity index (χ1n) is 6.96. The van der Waals surface area contributed by atoms with E-state index in [0.717, 1.165) is 4.90 Å². The zero-order valence-electron chi connectivity index (χ0n) is 13.3. The summed E-state index contributed by atoms with van der Waals surface area (Å²) in [4.78, 5) is 32.8. The molecular formula is C15H16BrN3O5. The first kappa shape index (κ1) is 17.9. The first-order valence-corrected chi connectivity index (χ1v) is 7.75. The van der Waals surface area contributed by atoms with Crippen molar-refractivity contribution in [2.45, 2.75) is 32.9 Å². The predicted octanol–water partition coefficient (Wildman–Crippen LogP) is 3.47. The minimum atomic E-state index is -1.24. The number of rotatable bonds is 4. The molecule has 2 heterocycles. The molecular weight excluding hydrogens is 382 g/mol. The van der Waals surface area contributed by atoms with Crippen molar-refractivity contribution in [3.05, 3.63) is 40.5 Å². The molecule has 0 aliphatic carbocycles. The third-order valence-corrected chi connectivity index (χ3v) is 3.26. The Morgan fingerprint density at radius 1 is 1.42 bits per heavy atom. The van der Waals surface area contributed by atoms with E-state index in [2.05, 4.69) is 25.9 Å². The van der Waals surface area contributed by atoms with Crippen molar-refractivity contribution in [2.75, 3.05) is 4.90 Å². The smallest absolute Gasteiger partial charge is 0.417 e. The number of anilines is 1. The van der Waals surface area contributed by atoms with Crippen molar-refractivity contribution in [3.8, 4) is 0 Å². The zero-order valence-corrected chi connectivity index (χ0v) is 14.9. The van der Waals surface area contributed by atoms with E-state index >= 15 is 0 Å². The summed E-state index contributed by atoms with van der Waals surface area (Å²) in [5.74, 6) is -0.863. The number of aromatic carboxylic acids is 1. The van der Waals surface area contributed by atoms with E-state index in [9.17, 15) is 14.7 Å². The fraction of sp³-hybridized carbons (Fsp3) is 0.333. The fourth-order valence-electron chi connectivity index (χ4n) is 1.73. The number of aromatic nitrogens is 2. The Balaban J connectivity index is 2.40. The Kier molecular flexibility index (Phi) is 5.23. The van der Waals surface area contributed by atoms with Crippen LogP contribution in [0.4, 0.5) is 10.7 Å². The molecule has 0 aliphatic rings. The van der Waals surface area contributed by atoms with E-state index in [0.29, 0.717) is 5.76 Å². The monoisotopic (exact) mass is 397 g/mol. The molecule has 2 aromatic rings. The highest BCUT2D eigenvalue weighted by molar-refractivity contribution is 9.10. The summed E-state index contributed by atoms with van der Waals surface area (Å²) in [5, 5.41) is 9.18. The maximum absolute atomic E-state index is 12.5. The lowest BCUT2D eigenvalue weighted by atomic mass is 10.2. The van der Waals surface area contributed by atoms with Gasteiger partial charge in [0, 0.05) is 6.20 Å². The second-order valence-corrected chi connectivity index (χ2v) is 6.67. The van der Waals surface area contributed by atoms with Gasteiger partial charge in [-0.05, 0) is 48.8 Å². The number of nitrogens with zero attached hydrogens (tertiary/aromatic N) is 3. The molecule has 128 valence electrons. The number of carboxylic acid groups (broad SMARTS) is 1. The summed E-state index contributed by atoms with van der Waals surface area (Å²) in [6, 6.07) is 3.35. The van der Waals surface area contributed by atoms with Gasteiger partial charge < -0.3 is 14.3 Å². The Morgan fingerprint density at radius 3 is 2.67 bits per heavy atom. The van der Waals surface area contributed by atoms with Crippen LogP contribution in [0.1, 0.15) is 37.0 Å². The molecule has 8 nitrogen and oxygen atoms in total. The number of halogens is 1. The van der Waals surface area contributed by atoms with Gasteiger partial charge in [-0.25, -0.2) is 24.5 Å². The van der Waals surface area contributed by atoms with Crippen LogP contribution in [0.2, 0.25) is 0 Å². The molecule has 0 radical (unpaired) electrons. The van der Waals surface area contributed by atoms with E-state index in [1.54, 1.807) is 32.9 Å². The standard InChI is InChI=1S/C15H16BrN3O5/c1-15(2,3)24-14(22)19(8-9-5-4-6-23-9)13-17-7-10(16)11(18-13)12(20)21/h4-7H,8H2,1-3H3,(H,20,21). The Morgan fingerprint density at radius 2 is 2.12 bits per heavy atom. The maximum Gasteiger partial charge on any atom is 0.417 e. The molecule has 0 aromatic carbocycles. The molecule has 0 bridgehead atoms. The van der Waals surface area contributed by atoms with Crippen molar-refractivity contribution in [1.29, 1.82) is 0 Å². The predicted molar refractivity (Wildman–Crippen MR) is 87.8 cm³/mol. The largest absolute Gasteiger partial charge is 0.476 e. The molecule has 2 rings (SSSR count). The molecule has 0 saturated carbocycles. The van der Waals surface area contributed by atoms with E-state index in [1.807, 2.05) is 0 Å². The average molecular weight is 398 g/mol. The summed E-state index contributed by atoms with van der Waals surface area (Å²) in [6.07, 6.45) is 2.02. The van der Waals surface area contributed by atoms with Crippen LogP contribution in [0.3, 0.4) is 0 Å². The van der Waals surface area contributed by atoms with E-state index in [-0.39, 0.29) is 22.7 Å². The van der Waals surface area contributed by atoms with Crippen molar-refractivity contribution >= 4 is 33.9 Å². The number of amides is 1. The number of carbonyl (C=O) groups excluding carboxylic acids is 1. The van der Waals surface area contributed by atoms with Gasteiger partial charge in [0.15, 0.2) is 5.69 Å². The van der Waals surface area contributed by atoms with Crippen LogP contribution in [-0.4, -0.2) is 32.7 Å². The van der Waals surface area contributed by atoms with Crippen molar-refractivity contribution in [2.24, 2.45) is 0 Å². The summed E-state index contributed by atoms with van der Waals surface area (Å²) in [7, 11) is 0. The molecule has 0 saturated heterocycles. The van der Waals surface area contributed by atoms with Gasteiger partial charge in [-0.2, -0.15) is 0 Å². The average Bonchev–Trinajstić information content (AvgIpc) is 2.96. The van der Waals surface area contributed by atoms with Gasteiger partial charge in [0.2, 0.25) is 5.95 Å². The molecule has 0 fully saturated rings. The SMILES string of the molecule is CC(C)(C)OC(=O)N(Cc1ccco1)c1ncc(Br)c(C(=O)O)n1. The molecule has 0 spiro atoms. The van der Waals surface area contributed by atoms with Crippen LogP contribution in [0.25, 0.3) is 0 Å². The summed E-state index contributed by atoms with van der Waals surface area (Å²) >= 11 is 3.07. The topological polar surface area (TPSA) is 106 Å². The van der Waals surface area contributed by atoms with E-state index in [1.165, 1.54) is 12.5 Å². The van der Waals surface area contributed by atoms with Crippen LogP contribution in [0, 0.1) is 0 Å². The second kappa shape index (κ2) is 7.00.